The van der Waals surface area contributed by atoms with Gasteiger partial charge in [-0.1, -0.05) is 23.7 Å². The van der Waals surface area contributed by atoms with Crippen LogP contribution in [0.2, 0.25) is 5.02 Å². The summed E-state index contributed by atoms with van der Waals surface area (Å²) in [6.45, 7) is 4.04. The molecule has 6 nitrogen and oxygen atoms in total. The van der Waals surface area contributed by atoms with Crippen molar-refractivity contribution in [2.45, 2.75) is 20.4 Å². The Morgan fingerprint density at radius 1 is 1.06 bits per heavy atom. The lowest BCUT2D eigenvalue weighted by atomic mass is 10.1. The van der Waals surface area contributed by atoms with Crippen LogP contribution in [0, 0.1) is 25.2 Å². The van der Waals surface area contributed by atoms with Gasteiger partial charge in [0.15, 0.2) is 0 Å². The van der Waals surface area contributed by atoms with E-state index in [9.17, 15) is 20.3 Å². The van der Waals surface area contributed by atoms with Crippen LogP contribution in [0.1, 0.15) is 22.3 Å². The van der Waals surface area contributed by atoms with Crippen LogP contribution in [0.3, 0.4) is 0 Å². The van der Waals surface area contributed by atoms with E-state index in [4.69, 9.17) is 16.3 Å². The van der Waals surface area contributed by atoms with Gasteiger partial charge in [0.1, 0.15) is 34.6 Å². The number of benzene rings is 3. The minimum Gasteiger partial charge on any atom is -0.508 e. The van der Waals surface area contributed by atoms with Crippen molar-refractivity contribution >= 4 is 23.6 Å². The van der Waals surface area contributed by atoms with E-state index < -0.39 is 5.91 Å². The Kier molecular flexibility index (Phi) is 7.04. The zero-order valence-corrected chi connectivity index (χ0v) is 18.3. The van der Waals surface area contributed by atoms with Gasteiger partial charge in [-0.3, -0.25) is 4.79 Å². The molecule has 0 radical (unpaired) electrons. The lowest BCUT2D eigenvalue weighted by Crippen LogP contribution is -2.23. The van der Waals surface area contributed by atoms with Gasteiger partial charge in [-0.15, -0.1) is 0 Å². The number of hydrogen-bond acceptors (Lipinski definition) is 5. The number of aryl methyl sites for hydroxylation is 2. The average Bonchev–Trinajstić information content (AvgIpc) is 2.76. The van der Waals surface area contributed by atoms with Crippen LogP contribution in [0.5, 0.6) is 23.0 Å². The third-order valence-corrected chi connectivity index (χ3v) is 5.30. The second-order valence-electron chi connectivity index (χ2n) is 7.21. The molecule has 0 spiro atoms. The number of aromatic hydroxyl groups is 2. The highest BCUT2D eigenvalue weighted by Gasteiger charge is 2.11. The molecule has 32 heavy (non-hydrogen) atoms. The zero-order chi connectivity index (χ0) is 23.3. The molecule has 0 aliphatic rings. The largest absolute Gasteiger partial charge is 0.508 e. The molecule has 3 rings (SSSR count). The number of ether oxygens (including phenoxy) is 1. The molecule has 3 aromatic carbocycles. The summed E-state index contributed by atoms with van der Waals surface area (Å²) >= 11 is 6.19. The van der Waals surface area contributed by atoms with Gasteiger partial charge >= 0.3 is 0 Å². The zero-order valence-electron chi connectivity index (χ0n) is 17.5. The average molecular weight is 449 g/mol. The number of nitrogens with zero attached hydrogens (tertiary/aromatic N) is 1. The SMILES string of the molecule is Cc1cc(Oc2ccc(CNC(=O)C(C#N)=Cc3ccc(O)cc3O)cc2)cc(C)c1Cl. The molecule has 3 aromatic rings. The van der Waals surface area contributed by atoms with Gasteiger partial charge in [-0.2, -0.15) is 5.26 Å². The van der Waals surface area contributed by atoms with Crippen LogP contribution in [0.4, 0.5) is 0 Å². The maximum Gasteiger partial charge on any atom is 0.262 e. The topological polar surface area (TPSA) is 103 Å². The van der Waals surface area contributed by atoms with E-state index in [-0.39, 0.29) is 29.2 Å². The highest BCUT2D eigenvalue weighted by Crippen LogP contribution is 2.29. The second kappa shape index (κ2) is 9.90. The van der Waals surface area contributed by atoms with Gasteiger partial charge in [-0.25, -0.2) is 0 Å². The fourth-order valence-corrected chi connectivity index (χ4v) is 3.12. The quantitative estimate of drug-likeness (QED) is 0.347. The van der Waals surface area contributed by atoms with Crippen LogP contribution in [-0.4, -0.2) is 16.1 Å². The van der Waals surface area contributed by atoms with Gasteiger partial charge in [0.2, 0.25) is 0 Å². The van der Waals surface area contributed by atoms with Gasteiger partial charge in [0.05, 0.1) is 0 Å². The molecule has 3 N–H and O–H groups in total. The van der Waals surface area contributed by atoms with E-state index in [0.717, 1.165) is 27.8 Å². The van der Waals surface area contributed by atoms with Gasteiger partial charge in [0, 0.05) is 23.2 Å². The summed E-state index contributed by atoms with van der Waals surface area (Å²) in [7, 11) is 0. The van der Waals surface area contributed by atoms with Crippen molar-refractivity contribution in [1.29, 1.82) is 5.26 Å². The molecule has 0 unspecified atom stereocenters. The second-order valence-corrected chi connectivity index (χ2v) is 7.59. The van der Waals surface area contributed by atoms with Crippen molar-refractivity contribution in [3.63, 3.8) is 0 Å². The first-order valence-electron chi connectivity index (χ1n) is 9.72. The van der Waals surface area contributed by atoms with Gasteiger partial charge in [-0.05, 0) is 73.0 Å². The number of carbonyl (C=O) groups is 1. The van der Waals surface area contributed by atoms with Gasteiger partial charge < -0.3 is 20.3 Å². The standard InChI is InChI=1S/C25H21ClN2O4/c1-15-9-22(10-16(2)24(15)26)32-21-7-3-17(4-8-21)14-28-25(31)19(13-27)11-18-5-6-20(29)12-23(18)30/h3-12,29-30H,14H2,1-2H3,(H,28,31). The van der Waals surface area contributed by atoms with Crippen molar-refractivity contribution in [1.82, 2.24) is 5.32 Å². The number of nitriles is 1. The Hall–Kier alpha value is -3.95. The van der Waals surface area contributed by atoms with E-state index in [1.807, 2.05) is 44.2 Å². The lowest BCUT2D eigenvalue weighted by Gasteiger charge is -2.10. The third-order valence-electron chi connectivity index (χ3n) is 4.70. The molecular formula is C25H21ClN2O4. The molecule has 0 heterocycles. The lowest BCUT2D eigenvalue weighted by molar-refractivity contribution is -0.117. The summed E-state index contributed by atoms with van der Waals surface area (Å²) in [5, 5.41) is 31.9. The van der Waals surface area contributed by atoms with E-state index in [2.05, 4.69) is 5.32 Å². The number of carbonyl (C=O) groups excluding carboxylic acids is 1. The Morgan fingerprint density at radius 3 is 2.31 bits per heavy atom. The highest BCUT2D eigenvalue weighted by molar-refractivity contribution is 6.32. The molecule has 0 aliphatic carbocycles. The Morgan fingerprint density at radius 2 is 1.72 bits per heavy atom. The maximum atomic E-state index is 12.4. The molecular weight excluding hydrogens is 428 g/mol. The number of amides is 1. The maximum absolute atomic E-state index is 12.4. The van der Waals surface area contributed by atoms with Crippen LogP contribution < -0.4 is 10.1 Å². The van der Waals surface area contributed by atoms with Crippen molar-refractivity contribution in [2.24, 2.45) is 0 Å². The predicted octanol–water partition coefficient (Wildman–Crippen LogP) is 5.38. The summed E-state index contributed by atoms with van der Waals surface area (Å²) < 4.78 is 5.88. The number of rotatable bonds is 6. The number of hydrogen-bond donors (Lipinski definition) is 3. The normalized spacial score (nSPS) is 11.0. The van der Waals surface area contributed by atoms with Crippen LogP contribution >= 0.6 is 11.6 Å². The molecule has 0 aliphatic heterocycles. The number of phenolic OH excluding ortho intramolecular Hbond substituents is 2. The van der Waals surface area contributed by atoms with E-state index in [1.54, 1.807) is 12.1 Å². The fourth-order valence-electron chi connectivity index (χ4n) is 3.01. The van der Waals surface area contributed by atoms with Crippen molar-refractivity contribution < 1.29 is 19.7 Å². The van der Waals surface area contributed by atoms with Crippen molar-refractivity contribution in [3.05, 3.63) is 87.4 Å². The number of phenols is 2. The monoisotopic (exact) mass is 448 g/mol. The molecule has 0 aromatic heterocycles. The summed E-state index contributed by atoms with van der Waals surface area (Å²) in [5.41, 5.74) is 2.77. The van der Waals surface area contributed by atoms with Crippen molar-refractivity contribution in [3.8, 4) is 29.1 Å². The third kappa shape index (κ3) is 5.60. The molecule has 0 saturated carbocycles. The molecule has 0 fully saturated rings. The first kappa shape index (κ1) is 22.7. The highest BCUT2D eigenvalue weighted by atomic mass is 35.5. The summed E-state index contributed by atoms with van der Waals surface area (Å²) in [6.07, 6.45) is 1.26. The van der Waals surface area contributed by atoms with E-state index in [0.29, 0.717) is 11.5 Å². The van der Waals surface area contributed by atoms with Crippen LogP contribution in [0.25, 0.3) is 6.08 Å². The first-order valence-corrected chi connectivity index (χ1v) is 10.1. The van der Waals surface area contributed by atoms with Crippen molar-refractivity contribution in [2.75, 3.05) is 0 Å². The predicted molar refractivity (Wildman–Crippen MR) is 123 cm³/mol. The Bertz CT molecular complexity index is 1200. The van der Waals surface area contributed by atoms with Crippen LogP contribution in [-0.2, 0) is 11.3 Å². The smallest absolute Gasteiger partial charge is 0.262 e. The molecule has 7 heteroatoms. The van der Waals surface area contributed by atoms with E-state index in [1.165, 1.54) is 18.2 Å². The Balaban J connectivity index is 1.63. The summed E-state index contributed by atoms with van der Waals surface area (Å²) in [5.74, 6) is 0.407. The molecule has 0 atom stereocenters. The molecule has 1 amide bonds. The van der Waals surface area contributed by atoms with Crippen LogP contribution in [0.15, 0.2) is 60.2 Å². The van der Waals surface area contributed by atoms with Gasteiger partial charge in [0.25, 0.3) is 5.91 Å². The minimum absolute atomic E-state index is 0.114. The minimum atomic E-state index is -0.576. The molecule has 0 bridgehead atoms. The molecule has 162 valence electrons. The summed E-state index contributed by atoms with van der Waals surface area (Å²) in [4.78, 5) is 12.4. The summed E-state index contributed by atoms with van der Waals surface area (Å²) in [6, 6.07) is 16.7. The fraction of sp³-hybridized carbons (Fsp3) is 0.120. The first-order chi connectivity index (χ1) is 15.3. The van der Waals surface area contributed by atoms with E-state index >= 15 is 0 Å². The number of nitrogens with one attached hydrogen (secondary N) is 1. The Labute approximate surface area is 191 Å². The molecule has 0 saturated heterocycles. The number of halogens is 1.